The molecule has 2 rings (SSSR count). The molecule has 1 heterocycles. The molecular formula is C17H24N4O2S. The molecule has 1 aromatic heterocycles. The first-order valence-electron chi connectivity index (χ1n) is 7.91. The van der Waals surface area contributed by atoms with Crippen molar-refractivity contribution < 1.29 is 9.84 Å². The first kappa shape index (κ1) is 18.1. The number of ether oxygens (including phenoxy) is 1. The Morgan fingerprint density at radius 1 is 1.38 bits per heavy atom. The van der Waals surface area contributed by atoms with Crippen molar-refractivity contribution in [1.82, 2.24) is 15.6 Å². The standard InChI is InChI=1S/C17H24N4O2S/c1-4-18-17(21-11-16-20-10-12(2)24-16)19-8-7-13-5-6-14(22)15(9-13)23-3/h5-6,9-10,22H,4,7-8,11H2,1-3H3,(H2,18,19,21). The Hall–Kier alpha value is -2.28. The largest absolute Gasteiger partial charge is 0.504 e. The second-order valence-corrected chi connectivity index (χ2v) is 6.56. The molecule has 0 radical (unpaired) electrons. The van der Waals surface area contributed by atoms with Crippen LogP contribution in [0.1, 0.15) is 22.4 Å². The van der Waals surface area contributed by atoms with E-state index in [4.69, 9.17) is 4.74 Å². The maximum atomic E-state index is 9.62. The molecule has 0 aliphatic carbocycles. The van der Waals surface area contributed by atoms with Crippen LogP contribution in [0.25, 0.3) is 0 Å². The highest BCUT2D eigenvalue weighted by Crippen LogP contribution is 2.26. The summed E-state index contributed by atoms with van der Waals surface area (Å²) in [5.41, 5.74) is 1.09. The number of guanidine groups is 1. The van der Waals surface area contributed by atoms with Crippen molar-refractivity contribution in [2.75, 3.05) is 20.2 Å². The lowest BCUT2D eigenvalue weighted by atomic mass is 10.1. The SMILES string of the molecule is CCNC(=NCc1ncc(C)s1)NCCc1ccc(O)c(OC)c1. The van der Waals surface area contributed by atoms with Gasteiger partial charge >= 0.3 is 0 Å². The smallest absolute Gasteiger partial charge is 0.191 e. The summed E-state index contributed by atoms with van der Waals surface area (Å²) in [6, 6.07) is 5.39. The third-order valence-electron chi connectivity index (χ3n) is 3.34. The Morgan fingerprint density at radius 3 is 2.88 bits per heavy atom. The molecule has 6 nitrogen and oxygen atoms in total. The Bertz CT molecular complexity index is 685. The molecule has 0 aliphatic heterocycles. The highest BCUT2D eigenvalue weighted by Gasteiger charge is 2.04. The maximum Gasteiger partial charge on any atom is 0.191 e. The number of aliphatic imine (C=N–C) groups is 1. The number of thiazole rings is 1. The van der Waals surface area contributed by atoms with E-state index in [0.29, 0.717) is 12.3 Å². The fraction of sp³-hybridized carbons (Fsp3) is 0.412. The van der Waals surface area contributed by atoms with Gasteiger partial charge in [-0.2, -0.15) is 0 Å². The van der Waals surface area contributed by atoms with Crippen LogP contribution >= 0.6 is 11.3 Å². The van der Waals surface area contributed by atoms with Crippen LogP contribution in [0.2, 0.25) is 0 Å². The van der Waals surface area contributed by atoms with Gasteiger partial charge in [0, 0.05) is 24.2 Å². The first-order chi connectivity index (χ1) is 11.6. The van der Waals surface area contributed by atoms with Gasteiger partial charge in [0.15, 0.2) is 17.5 Å². The van der Waals surface area contributed by atoms with E-state index in [1.807, 2.05) is 32.2 Å². The van der Waals surface area contributed by atoms with Crippen LogP contribution in [-0.2, 0) is 13.0 Å². The monoisotopic (exact) mass is 348 g/mol. The number of hydrogen-bond donors (Lipinski definition) is 3. The lowest BCUT2D eigenvalue weighted by molar-refractivity contribution is 0.373. The minimum absolute atomic E-state index is 0.155. The van der Waals surface area contributed by atoms with Crippen LogP contribution in [-0.4, -0.2) is 36.2 Å². The van der Waals surface area contributed by atoms with Gasteiger partial charge in [-0.1, -0.05) is 6.07 Å². The van der Waals surface area contributed by atoms with Crippen molar-refractivity contribution in [3.8, 4) is 11.5 Å². The van der Waals surface area contributed by atoms with E-state index in [0.717, 1.165) is 36.0 Å². The van der Waals surface area contributed by atoms with Gasteiger partial charge in [0.05, 0.1) is 13.7 Å². The summed E-state index contributed by atoms with van der Waals surface area (Å²) in [6.07, 6.45) is 2.67. The number of rotatable bonds is 7. The van der Waals surface area contributed by atoms with Crippen LogP contribution in [0.15, 0.2) is 29.4 Å². The highest BCUT2D eigenvalue weighted by molar-refractivity contribution is 7.11. The number of phenolic OH excluding ortho intramolecular Hbond substituents is 1. The van der Waals surface area contributed by atoms with E-state index >= 15 is 0 Å². The summed E-state index contributed by atoms with van der Waals surface area (Å²) < 4.78 is 5.13. The van der Waals surface area contributed by atoms with Crippen molar-refractivity contribution in [1.29, 1.82) is 0 Å². The number of methoxy groups -OCH3 is 1. The van der Waals surface area contributed by atoms with E-state index < -0.39 is 0 Å². The molecule has 0 spiro atoms. The third-order valence-corrected chi connectivity index (χ3v) is 4.23. The van der Waals surface area contributed by atoms with Crippen LogP contribution < -0.4 is 15.4 Å². The van der Waals surface area contributed by atoms with Gasteiger partial charge in [0.25, 0.3) is 0 Å². The molecule has 0 unspecified atom stereocenters. The molecule has 1 aromatic carbocycles. The quantitative estimate of drug-likeness (QED) is 0.529. The molecule has 0 atom stereocenters. The summed E-state index contributed by atoms with van der Waals surface area (Å²) in [5.74, 6) is 1.42. The topological polar surface area (TPSA) is 78.8 Å². The zero-order chi connectivity index (χ0) is 17.4. The Balaban J connectivity index is 1.89. The molecule has 0 saturated heterocycles. The number of nitrogens with zero attached hydrogens (tertiary/aromatic N) is 2. The summed E-state index contributed by atoms with van der Waals surface area (Å²) in [6.45, 7) is 6.18. The van der Waals surface area contributed by atoms with Gasteiger partial charge in [-0.05, 0) is 38.0 Å². The zero-order valence-electron chi connectivity index (χ0n) is 14.3. The second-order valence-electron chi connectivity index (χ2n) is 5.24. The van der Waals surface area contributed by atoms with Gasteiger partial charge in [-0.15, -0.1) is 11.3 Å². The van der Waals surface area contributed by atoms with Crippen molar-refractivity contribution in [2.24, 2.45) is 4.99 Å². The number of aromatic hydroxyl groups is 1. The number of benzene rings is 1. The van der Waals surface area contributed by atoms with E-state index in [-0.39, 0.29) is 5.75 Å². The third kappa shape index (κ3) is 5.42. The first-order valence-corrected chi connectivity index (χ1v) is 8.73. The summed E-state index contributed by atoms with van der Waals surface area (Å²) in [4.78, 5) is 10.1. The van der Waals surface area contributed by atoms with Crippen LogP contribution in [0.4, 0.5) is 0 Å². The molecule has 3 N–H and O–H groups in total. The van der Waals surface area contributed by atoms with E-state index in [9.17, 15) is 5.11 Å². The second kappa shape index (κ2) is 9.12. The van der Waals surface area contributed by atoms with Crippen LogP contribution in [0.5, 0.6) is 11.5 Å². The molecule has 130 valence electrons. The highest BCUT2D eigenvalue weighted by atomic mass is 32.1. The summed E-state index contributed by atoms with van der Waals surface area (Å²) in [5, 5.41) is 17.2. The number of hydrogen-bond acceptors (Lipinski definition) is 5. The lowest BCUT2D eigenvalue weighted by Crippen LogP contribution is -2.38. The van der Waals surface area contributed by atoms with Gasteiger partial charge in [-0.3, -0.25) is 0 Å². The fourth-order valence-electron chi connectivity index (χ4n) is 2.17. The predicted molar refractivity (Wildman–Crippen MR) is 98.0 cm³/mol. The van der Waals surface area contributed by atoms with Crippen molar-refractivity contribution >= 4 is 17.3 Å². The molecule has 0 aliphatic rings. The van der Waals surface area contributed by atoms with Crippen LogP contribution in [0.3, 0.4) is 0 Å². The minimum Gasteiger partial charge on any atom is -0.504 e. The van der Waals surface area contributed by atoms with Crippen molar-refractivity contribution in [3.05, 3.63) is 39.8 Å². The van der Waals surface area contributed by atoms with Gasteiger partial charge < -0.3 is 20.5 Å². The molecular weight excluding hydrogens is 324 g/mol. The molecule has 2 aromatic rings. The lowest BCUT2D eigenvalue weighted by Gasteiger charge is -2.11. The molecule has 0 amide bonds. The fourth-order valence-corrected chi connectivity index (χ4v) is 2.88. The molecule has 0 fully saturated rings. The van der Waals surface area contributed by atoms with Gasteiger partial charge in [0.2, 0.25) is 0 Å². The molecule has 24 heavy (non-hydrogen) atoms. The summed E-state index contributed by atoms with van der Waals surface area (Å²) >= 11 is 1.66. The minimum atomic E-state index is 0.155. The Morgan fingerprint density at radius 2 is 2.21 bits per heavy atom. The van der Waals surface area contributed by atoms with E-state index in [1.54, 1.807) is 24.5 Å². The van der Waals surface area contributed by atoms with Crippen molar-refractivity contribution in [2.45, 2.75) is 26.8 Å². The maximum absolute atomic E-state index is 9.62. The Kier molecular flexibility index (Phi) is 6.87. The molecule has 0 bridgehead atoms. The van der Waals surface area contributed by atoms with E-state index in [1.165, 1.54) is 4.88 Å². The van der Waals surface area contributed by atoms with Crippen LogP contribution in [0, 0.1) is 6.92 Å². The zero-order valence-corrected chi connectivity index (χ0v) is 15.1. The Labute approximate surface area is 146 Å². The van der Waals surface area contributed by atoms with Gasteiger partial charge in [0.1, 0.15) is 5.01 Å². The number of nitrogens with one attached hydrogen (secondary N) is 2. The van der Waals surface area contributed by atoms with E-state index in [2.05, 4.69) is 20.6 Å². The predicted octanol–water partition coefficient (Wildman–Crippen LogP) is 2.46. The number of aromatic nitrogens is 1. The average Bonchev–Trinajstić information content (AvgIpc) is 2.99. The average molecular weight is 348 g/mol. The normalized spacial score (nSPS) is 11.4. The summed E-state index contributed by atoms with van der Waals surface area (Å²) in [7, 11) is 1.55. The molecule has 0 saturated carbocycles. The number of phenols is 1. The molecule has 7 heteroatoms. The number of aryl methyl sites for hydroxylation is 1. The van der Waals surface area contributed by atoms with Crippen molar-refractivity contribution in [3.63, 3.8) is 0 Å². The van der Waals surface area contributed by atoms with Gasteiger partial charge in [-0.25, -0.2) is 9.98 Å².